The lowest BCUT2D eigenvalue weighted by Crippen LogP contribution is -2.63. The van der Waals surface area contributed by atoms with Gasteiger partial charge in [0.05, 0.1) is 12.6 Å². The van der Waals surface area contributed by atoms with E-state index in [0.29, 0.717) is 12.8 Å². The summed E-state index contributed by atoms with van der Waals surface area (Å²) in [5.74, 6) is -0.426. The zero-order valence-electron chi connectivity index (χ0n) is 17.7. The summed E-state index contributed by atoms with van der Waals surface area (Å²) < 4.78 is 0. The average molecular weight is 373 g/mol. The first kappa shape index (κ1) is 23.3. The molecule has 1 saturated heterocycles. The molecule has 0 unspecified atom stereocenters. The third-order valence-electron chi connectivity index (χ3n) is 5.08. The fourth-order valence-electron chi connectivity index (χ4n) is 4.00. The number of unbranched alkanes of at least 4 members (excludes halogenated alkanes) is 5. The summed E-state index contributed by atoms with van der Waals surface area (Å²) in [6.07, 6.45) is 8.98. The highest BCUT2D eigenvalue weighted by molar-refractivity contribution is 5.68. The number of hydrogen-bond acceptors (Lipinski definition) is 6. The van der Waals surface area contributed by atoms with Crippen LogP contribution in [0.1, 0.15) is 99.3 Å². The Labute approximate surface area is 159 Å². The molecule has 0 aromatic rings. The number of carbonyl (C=O) groups is 1. The third-order valence-corrected chi connectivity index (χ3v) is 5.08. The molecule has 0 amide bonds. The predicted molar refractivity (Wildman–Crippen MR) is 102 cm³/mol. The van der Waals surface area contributed by atoms with Crippen molar-refractivity contribution >= 4 is 5.97 Å². The second-order valence-corrected chi connectivity index (χ2v) is 8.70. The van der Waals surface area contributed by atoms with Crippen molar-refractivity contribution in [2.24, 2.45) is 0 Å². The van der Waals surface area contributed by atoms with Gasteiger partial charge in [0.1, 0.15) is 0 Å². The van der Waals surface area contributed by atoms with Gasteiger partial charge in [-0.15, -0.1) is 0 Å². The molecule has 0 aliphatic carbocycles. The molecular weight excluding hydrogens is 332 g/mol. The normalized spacial score (nSPS) is 20.5. The molecular formula is C20H40N2O4. The summed E-state index contributed by atoms with van der Waals surface area (Å²) in [7, 11) is 0. The maximum Gasteiger partial charge on any atom is 0.327 e. The Hall–Kier alpha value is -0.690. The van der Waals surface area contributed by atoms with Gasteiger partial charge in [0, 0.05) is 17.5 Å². The summed E-state index contributed by atoms with van der Waals surface area (Å²) in [5, 5.41) is 13.0. The van der Waals surface area contributed by atoms with Crippen molar-refractivity contribution in [2.75, 3.05) is 6.61 Å². The van der Waals surface area contributed by atoms with E-state index in [1.54, 1.807) is 6.92 Å². The summed E-state index contributed by atoms with van der Waals surface area (Å²) in [5.41, 5.74) is -0.539. The van der Waals surface area contributed by atoms with Crippen molar-refractivity contribution in [3.63, 3.8) is 0 Å². The summed E-state index contributed by atoms with van der Waals surface area (Å²) in [4.78, 5) is 22.6. The maximum absolute atomic E-state index is 11.5. The van der Waals surface area contributed by atoms with Crippen LogP contribution in [0, 0.1) is 0 Å². The van der Waals surface area contributed by atoms with E-state index >= 15 is 0 Å². The topological polar surface area (TPSA) is 62.2 Å². The first-order valence-electron chi connectivity index (χ1n) is 10.3. The molecule has 0 aromatic heterocycles. The zero-order valence-corrected chi connectivity index (χ0v) is 17.7. The third kappa shape index (κ3) is 7.14. The Morgan fingerprint density at radius 3 is 2.12 bits per heavy atom. The molecule has 0 radical (unpaired) electrons. The van der Waals surface area contributed by atoms with E-state index in [1.165, 1.54) is 32.1 Å². The van der Waals surface area contributed by atoms with E-state index in [1.807, 2.05) is 0 Å². The van der Waals surface area contributed by atoms with Crippen LogP contribution < -0.4 is 0 Å². The van der Waals surface area contributed by atoms with Crippen molar-refractivity contribution < 1.29 is 19.7 Å². The van der Waals surface area contributed by atoms with E-state index in [4.69, 9.17) is 9.68 Å². The van der Waals surface area contributed by atoms with Crippen LogP contribution in [0.4, 0.5) is 0 Å². The molecule has 1 aliphatic heterocycles. The largest absolute Gasteiger partial charge is 0.342 e. The molecule has 0 aromatic carbocycles. The first-order chi connectivity index (χ1) is 12.1. The highest BCUT2D eigenvalue weighted by Crippen LogP contribution is 2.40. The van der Waals surface area contributed by atoms with Gasteiger partial charge in [0.2, 0.25) is 0 Å². The van der Waals surface area contributed by atoms with Crippen LogP contribution in [-0.4, -0.2) is 45.2 Å². The number of piperidine rings is 1. The number of hydrogen-bond donors (Lipinski definition) is 1. The monoisotopic (exact) mass is 372 g/mol. The predicted octanol–water partition coefficient (Wildman–Crippen LogP) is 4.86. The Balaban J connectivity index is 2.55. The number of carbonyl (C=O) groups excluding carboxylic acids is 1. The minimum absolute atomic E-state index is 0.240. The van der Waals surface area contributed by atoms with Gasteiger partial charge in [0.25, 0.3) is 0 Å². The van der Waals surface area contributed by atoms with Crippen LogP contribution in [0.3, 0.4) is 0 Å². The Kier molecular flexibility index (Phi) is 9.51. The quantitative estimate of drug-likeness (QED) is 0.413. The fourth-order valence-corrected chi connectivity index (χ4v) is 4.00. The Morgan fingerprint density at radius 1 is 1.04 bits per heavy atom. The molecule has 0 bridgehead atoms. The van der Waals surface area contributed by atoms with E-state index < -0.39 is 5.97 Å². The molecule has 1 fully saturated rings. The molecule has 1 N–H and O–H groups in total. The lowest BCUT2D eigenvalue weighted by Gasteiger charge is -2.54. The van der Waals surface area contributed by atoms with E-state index in [-0.39, 0.29) is 23.5 Å². The van der Waals surface area contributed by atoms with Crippen molar-refractivity contribution in [2.45, 2.75) is 116 Å². The summed E-state index contributed by atoms with van der Waals surface area (Å²) in [6, 6.07) is -0.246. The maximum atomic E-state index is 11.5. The number of hydroxylamine groups is 4. The van der Waals surface area contributed by atoms with Crippen LogP contribution in [0.5, 0.6) is 0 Å². The zero-order chi connectivity index (χ0) is 19.8. The number of nitrogens with zero attached hydrogens (tertiary/aromatic N) is 2. The smallest absolute Gasteiger partial charge is 0.327 e. The standard InChI is InChI=1S/C20H40N2O4/c1-7-9-10-11-12-13-14-25-22-19(3,4)15-17(16-20(22,5)6)21(24)26-18(23)8-2/h17,24H,7-16H2,1-6H3. The van der Waals surface area contributed by atoms with Gasteiger partial charge in [-0.1, -0.05) is 46.0 Å². The van der Waals surface area contributed by atoms with Gasteiger partial charge in [0.15, 0.2) is 0 Å². The lowest BCUT2D eigenvalue weighted by atomic mass is 9.79. The summed E-state index contributed by atoms with van der Waals surface area (Å²) >= 11 is 0. The van der Waals surface area contributed by atoms with Crippen molar-refractivity contribution in [1.82, 2.24) is 10.3 Å². The van der Waals surface area contributed by atoms with Crippen LogP contribution in [0.25, 0.3) is 0 Å². The van der Waals surface area contributed by atoms with Gasteiger partial charge in [-0.2, -0.15) is 5.06 Å². The van der Waals surface area contributed by atoms with Gasteiger partial charge in [-0.05, 0) is 52.2 Å². The van der Waals surface area contributed by atoms with Crippen LogP contribution in [-0.2, 0) is 14.5 Å². The van der Waals surface area contributed by atoms with Crippen molar-refractivity contribution in [3.05, 3.63) is 0 Å². The molecule has 1 rings (SSSR count). The van der Waals surface area contributed by atoms with E-state index in [0.717, 1.165) is 18.3 Å². The van der Waals surface area contributed by atoms with Crippen LogP contribution in [0.2, 0.25) is 0 Å². The van der Waals surface area contributed by atoms with Crippen molar-refractivity contribution in [3.8, 4) is 0 Å². The van der Waals surface area contributed by atoms with Gasteiger partial charge in [-0.3, -0.25) is 14.8 Å². The van der Waals surface area contributed by atoms with Crippen molar-refractivity contribution in [1.29, 1.82) is 0 Å². The van der Waals surface area contributed by atoms with E-state index in [2.05, 4.69) is 39.7 Å². The van der Waals surface area contributed by atoms with Crippen LogP contribution in [0.15, 0.2) is 0 Å². The minimum atomic E-state index is -0.426. The second-order valence-electron chi connectivity index (χ2n) is 8.70. The van der Waals surface area contributed by atoms with E-state index in [9.17, 15) is 10.0 Å². The summed E-state index contributed by atoms with van der Waals surface area (Å²) in [6.45, 7) is 13.1. The molecule has 1 heterocycles. The average Bonchev–Trinajstić information content (AvgIpc) is 2.54. The Morgan fingerprint density at radius 2 is 1.58 bits per heavy atom. The highest BCUT2D eigenvalue weighted by Gasteiger charge is 2.48. The first-order valence-corrected chi connectivity index (χ1v) is 10.3. The molecule has 6 heteroatoms. The molecule has 6 nitrogen and oxygen atoms in total. The van der Waals surface area contributed by atoms with Gasteiger partial charge in [-0.25, -0.2) is 0 Å². The van der Waals surface area contributed by atoms with Crippen LogP contribution >= 0.6 is 0 Å². The Bertz CT molecular complexity index is 408. The molecule has 0 atom stereocenters. The SMILES string of the molecule is CCCCCCCCON1C(C)(C)CC(N(O)OC(=O)CC)CC1(C)C. The molecule has 0 saturated carbocycles. The minimum Gasteiger partial charge on any atom is -0.342 e. The number of rotatable bonds is 11. The lowest BCUT2D eigenvalue weighted by molar-refractivity contribution is -0.368. The molecule has 154 valence electrons. The molecule has 1 aliphatic rings. The molecule has 26 heavy (non-hydrogen) atoms. The van der Waals surface area contributed by atoms with Gasteiger partial charge < -0.3 is 4.84 Å². The second kappa shape index (κ2) is 10.6. The fraction of sp³-hybridized carbons (Fsp3) is 0.950. The van der Waals surface area contributed by atoms with Gasteiger partial charge >= 0.3 is 5.97 Å². The molecule has 0 spiro atoms. The highest BCUT2D eigenvalue weighted by atomic mass is 16.9.